The molecule has 5 nitrogen and oxygen atoms in total. The fourth-order valence-electron chi connectivity index (χ4n) is 5.02. The van der Waals surface area contributed by atoms with Crippen LogP contribution in [0.5, 0.6) is 0 Å². The molecule has 0 bridgehead atoms. The lowest BCUT2D eigenvalue weighted by Gasteiger charge is -2.28. The zero-order valence-electron chi connectivity index (χ0n) is 18.2. The minimum absolute atomic E-state index is 0.149. The zero-order chi connectivity index (χ0) is 23.8. The lowest BCUT2D eigenvalue weighted by atomic mass is 9.73. The van der Waals surface area contributed by atoms with E-state index in [0.29, 0.717) is 34.8 Å². The van der Waals surface area contributed by atoms with Crippen LogP contribution < -0.4 is 10.2 Å². The molecule has 3 aromatic carbocycles. The van der Waals surface area contributed by atoms with E-state index in [1.165, 1.54) is 10.5 Å². The van der Waals surface area contributed by atoms with Crippen LogP contribution in [0.15, 0.2) is 72.8 Å². The summed E-state index contributed by atoms with van der Waals surface area (Å²) in [6.07, 6.45) is 2.27. The van der Waals surface area contributed by atoms with Gasteiger partial charge in [-0.15, -0.1) is 0 Å². The molecule has 1 aliphatic heterocycles. The van der Waals surface area contributed by atoms with Crippen LogP contribution in [0.1, 0.15) is 41.1 Å². The highest BCUT2D eigenvalue weighted by molar-refractivity contribution is 6.44. The Morgan fingerprint density at radius 3 is 2.26 bits per heavy atom. The van der Waals surface area contributed by atoms with Gasteiger partial charge >= 0.3 is 0 Å². The fraction of sp³-hybridized carbons (Fsp3) is 0.222. The number of hydrogen-bond donors (Lipinski definition) is 1. The third kappa shape index (κ3) is 4.10. The molecule has 0 spiro atoms. The number of amides is 3. The maximum atomic E-state index is 13.3. The summed E-state index contributed by atoms with van der Waals surface area (Å²) in [6, 6.07) is 21.6. The first-order valence-corrected chi connectivity index (χ1v) is 12.0. The van der Waals surface area contributed by atoms with E-state index in [1.807, 2.05) is 18.2 Å². The van der Waals surface area contributed by atoms with Crippen molar-refractivity contribution in [3.8, 4) is 0 Å². The minimum Gasteiger partial charge on any atom is -0.321 e. The highest BCUT2D eigenvalue weighted by atomic mass is 35.5. The van der Waals surface area contributed by atoms with Crippen molar-refractivity contribution in [1.29, 1.82) is 0 Å². The molecule has 7 heteroatoms. The summed E-state index contributed by atoms with van der Waals surface area (Å²) in [7, 11) is 0. The summed E-state index contributed by atoms with van der Waals surface area (Å²) in [5.74, 6) is -0.972. The average Bonchev–Trinajstić information content (AvgIpc) is 3.12. The van der Waals surface area contributed by atoms with E-state index in [1.54, 1.807) is 42.5 Å². The third-order valence-corrected chi connectivity index (χ3v) is 7.60. The van der Waals surface area contributed by atoms with E-state index in [4.69, 9.17) is 23.2 Å². The summed E-state index contributed by atoms with van der Waals surface area (Å²) < 4.78 is 0. The molecule has 172 valence electrons. The second-order valence-electron chi connectivity index (χ2n) is 8.75. The molecule has 3 amide bonds. The molecule has 3 aromatic rings. The molecule has 2 aliphatic rings. The molecule has 1 N–H and O–H groups in total. The largest absolute Gasteiger partial charge is 0.321 e. The van der Waals surface area contributed by atoms with Crippen molar-refractivity contribution in [2.45, 2.75) is 25.2 Å². The molecule has 1 aliphatic carbocycles. The van der Waals surface area contributed by atoms with E-state index >= 15 is 0 Å². The van der Waals surface area contributed by atoms with Crippen LogP contribution in [0.25, 0.3) is 0 Å². The highest BCUT2D eigenvalue weighted by Gasteiger charge is 2.50. The molecule has 0 aromatic heterocycles. The SMILES string of the molecule is O=C(Nc1cccc(Cl)c1Cl)c1ccc(N2C(=O)[C@H]3CC[C@@H](c4ccccc4)C[C@H]3C2=O)cc1. The van der Waals surface area contributed by atoms with Crippen LogP contribution in [-0.2, 0) is 9.59 Å². The number of hydrogen-bond acceptors (Lipinski definition) is 3. The predicted octanol–water partition coefficient (Wildman–Crippen LogP) is 6.32. The maximum Gasteiger partial charge on any atom is 0.255 e. The second-order valence-corrected chi connectivity index (χ2v) is 9.53. The van der Waals surface area contributed by atoms with Gasteiger partial charge in [0.25, 0.3) is 5.91 Å². The molecule has 1 saturated carbocycles. The van der Waals surface area contributed by atoms with Gasteiger partial charge in [-0.3, -0.25) is 19.3 Å². The van der Waals surface area contributed by atoms with E-state index in [0.717, 1.165) is 6.42 Å². The third-order valence-electron chi connectivity index (χ3n) is 6.78. The quantitative estimate of drug-likeness (QED) is 0.433. The Morgan fingerprint density at radius 2 is 1.53 bits per heavy atom. The number of rotatable bonds is 4. The van der Waals surface area contributed by atoms with Gasteiger partial charge in [0.1, 0.15) is 0 Å². The smallest absolute Gasteiger partial charge is 0.255 e. The van der Waals surface area contributed by atoms with Crippen LogP contribution in [0, 0.1) is 11.8 Å². The number of nitrogens with zero attached hydrogens (tertiary/aromatic N) is 1. The number of carbonyl (C=O) groups excluding carboxylic acids is 3. The van der Waals surface area contributed by atoms with Gasteiger partial charge in [-0.1, -0.05) is 59.6 Å². The topological polar surface area (TPSA) is 66.5 Å². The summed E-state index contributed by atoms with van der Waals surface area (Å²) in [5, 5.41) is 3.34. The average molecular weight is 493 g/mol. The number of anilines is 2. The first-order chi connectivity index (χ1) is 16.4. The van der Waals surface area contributed by atoms with E-state index in [2.05, 4.69) is 17.4 Å². The molecule has 34 heavy (non-hydrogen) atoms. The molecule has 5 rings (SSSR count). The predicted molar refractivity (Wildman–Crippen MR) is 133 cm³/mol. The van der Waals surface area contributed by atoms with Gasteiger partial charge in [0.15, 0.2) is 0 Å². The zero-order valence-corrected chi connectivity index (χ0v) is 19.7. The molecule has 3 atom stereocenters. The number of fused-ring (bicyclic) bond motifs is 1. The van der Waals surface area contributed by atoms with Crippen molar-refractivity contribution in [2.24, 2.45) is 11.8 Å². The molecule has 0 unspecified atom stereocenters. The van der Waals surface area contributed by atoms with E-state index in [9.17, 15) is 14.4 Å². The Balaban J connectivity index is 1.31. The van der Waals surface area contributed by atoms with Gasteiger partial charge in [-0.2, -0.15) is 0 Å². The fourth-order valence-corrected chi connectivity index (χ4v) is 5.37. The van der Waals surface area contributed by atoms with Crippen LogP contribution >= 0.6 is 23.2 Å². The van der Waals surface area contributed by atoms with Crippen molar-refractivity contribution < 1.29 is 14.4 Å². The Morgan fingerprint density at radius 1 is 0.824 bits per heavy atom. The Labute approximate surface area is 207 Å². The summed E-state index contributed by atoms with van der Waals surface area (Å²) in [4.78, 5) is 40.3. The molecule has 1 heterocycles. The summed E-state index contributed by atoms with van der Waals surface area (Å²) in [6.45, 7) is 0. The number of halogens is 2. The molecular formula is C27H22Cl2N2O3. The standard InChI is InChI=1S/C27H22Cl2N2O3/c28-22-7-4-8-23(24(22)29)30-25(32)17-9-12-19(13-10-17)31-26(33)20-14-11-18(15-21(20)27(31)34)16-5-2-1-3-6-16/h1-10,12-13,18,20-21H,11,14-15H2,(H,30,32)/t18-,20+,21-/m1/s1. The first-order valence-electron chi connectivity index (χ1n) is 11.2. The maximum absolute atomic E-state index is 13.3. The van der Waals surface area contributed by atoms with Crippen LogP contribution in [0.4, 0.5) is 11.4 Å². The number of benzene rings is 3. The van der Waals surface area contributed by atoms with Gasteiger partial charge in [-0.25, -0.2) is 0 Å². The van der Waals surface area contributed by atoms with E-state index < -0.39 is 0 Å². The lowest BCUT2D eigenvalue weighted by Crippen LogP contribution is -2.30. The monoisotopic (exact) mass is 492 g/mol. The van der Waals surface area contributed by atoms with Gasteiger partial charge in [0.05, 0.1) is 33.3 Å². The van der Waals surface area contributed by atoms with Crippen molar-refractivity contribution in [3.05, 3.63) is 94.0 Å². The minimum atomic E-state index is -0.367. The summed E-state index contributed by atoms with van der Waals surface area (Å²) in [5.41, 5.74) is 2.48. The van der Waals surface area contributed by atoms with Crippen molar-refractivity contribution in [1.82, 2.24) is 0 Å². The van der Waals surface area contributed by atoms with Crippen LogP contribution in [0.2, 0.25) is 10.0 Å². The van der Waals surface area contributed by atoms with Gasteiger partial charge in [0.2, 0.25) is 11.8 Å². The van der Waals surface area contributed by atoms with Crippen LogP contribution in [-0.4, -0.2) is 17.7 Å². The number of nitrogens with one attached hydrogen (secondary N) is 1. The number of carbonyl (C=O) groups is 3. The Kier molecular flexibility index (Phi) is 6.15. The van der Waals surface area contributed by atoms with Crippen molar-refractivity contribution in [2.75, 3.05) is 10.2 Å². The molecule has 0 radical (unpaired) electrons. The highest BCUT2D eigenvalue weighted by Crippen LogP contribution is 2.45. The van der Waals surface area contributed by atoms with Gasteiger partial charge in [0, 0.05) is 5.56 Å². The Bertz CT molecular complexity index is 1260. The lowest BCUT2D eigenvalue weighted by molar-refractivity contribution is -0.122. The van der Waals surface area contributed by atoms with E-state index in [-0.39, 0.29) is 40.5 Å². The second kappa shape index (κ2) is 9.24. The van der Waals surface area contributed by atoms with Gasteiger partial charge < -0.3 is 5.32 Å². The van der Waals surface area contributed by atoms with Gasteiger partial charge in [-0.05, 0) is 67.1 Å². The van der Waals surface area contributed by atoms with Crippen molar-refractivity contribution in [3.63, 3.8) is 0 Å². The Hall–Kier alpha value is -3.15. The molecule has 2 fully saturated rings. The summed E-state index contributed by atoms with van der Waals surface area (Å²) >= 11 is 12.2. The molecule has 1 saturated heterocycles. The number of imide groups is 1. The first kappa shape index (κ1) is 22.6. The van der Waals surface area contributed by atoms with Crippen LogP contribution in [0.3, 0.4) is 0 Å². The normalized spacial score (nSPS) is 21.9. The van der Waals surface area contributed by atoms with Crippen molar-refractivity contribution >= 4 is 52.3 Å². The molecular weight excluding hydrogens is 471 g/mol.